The molecule has 0 aliphatic rings. The highest BCUT2D eigenvalue weighted by Crippen LogP contribution is 2.01. The minimum Gasteiger partial charge on any atom is -0.351 e. The van der Waals surface area contributed by atoms with Gasteiger partial charge in [-0.3, -0.25) is 4.68 Å². The zero-order valence-electron chi connectivity index (χ0n) is 9.25. The molecule has 7 heteroatoms. The molecular weight excluding hydrogens is 206 g/mol. The molecule has 0 aliphatic heterocycles. The Bertz CT molecular complexity index is 451. The second kappa shape index (κ2) is 4.65. The van der Waals surface area contributed by atoms with Gasteiger partial charge in [-0.2, -0.15) is 5.10 Å². The van der Waals surface area contributed by atoms with Gasteiger partial charge in [0.15, 0.2) is 0 Å². The molecule has 2 heterocycles. The van der Waals surface area contributed by atoms with E-state index >= 15 is 0 Å². The minimum atomic E-state index is 0.545. The van der Waals surface area contributed by atoms with Crippen molar-refractivity contribution in [1.29, 1.82) is 0 Å². The van der Waals surface area contributed by atoms with Gasteiger partial charge >= 0.3 is 0 Å². The van der Waals surface area contributed by atoms with Crippen molar-refractivity contribution in [3.63, 3.8) is 0 Å². The Labute approximate surface area is 92.9 Å². The summed E-state index contributed by atoms with van der Waals surface area (Å²) in [6.07, 6.45) is 3.45. The van der Waals surface area contributed by atoms with Crippen molar-refractivity contribution in [3.05, 3.63) is 23.8 Å². The summed E-state index contributed by atoms with van der Waals surface area (Å²) in [7, 11) is 0. The van der Waals surface area contributed by atoms with Crippen LogP contribution in [0.25, 0.3) is 0 Å². The summed E-state index contributed by atoms with van der Waals surface area (Å²) < 4.78 is 1.74. The maximum Gasteiger partial charge on any atom is 0.243 e. The van der Waals surface area contributed by atoms with Crippen molar-refractivity contribution in [3.8, 4) is 0 Å². The van der Waals surface area contributed by atoms with Gasteiger partial charge in [0.1, 0.15) is 0 Å². The normalized spacial score (nSPS) is 10.4. The molecule has 0 atom stereocenters. The average molecular weight is 219 g/mol. The highest BCUT2D eigenvalue weighted by Gasteiger charge is 2.00. The molecule has 0 amide bonds. The van der Waals surface area contributed by atoms with E-state index in [4.69, 9.17) is 0 Å². The maximum absolute atomic E-state index is 4.26. The topological polar surface area (TPSA) is 81.4 Å². The molecule has 2 rings (SSSR count). The Morgan fingerprint density at radius 2 is 2.12 bits per heavy atom. The van der Waals surface area contributed by atoms with E-state index in [2.05, 4.69) is 30.8 Å². The molecule has 0 bridgehead atoms. The lowest BCUT2D eigenvalue weighted by Gasteiger charge is -2.05. The van der Waals surface area contributed by atoms with Gasteiger partial charge in [0.05, 0.1) is 24.1 Å². The van der Waals surface area contributed by atoms with E-state index in [1.807, 2.05) is 13.8 Å². The Morgan fingerprint density at radius 1 is 1.25 bits per heavy atom. The van der Waals surface area contributed by atoms with Gasteiger partial charge in [-0.1, -0.05) is 5.21 Å². The third-order valence-electron chi connectivity index (χ3n) is 2.19. The quantitative estimate of drug-likeness (QED) is 0.790. The zero-order chi connectivity index (χ0) is 11.4. The molecule has 0 radical (unpaired) electrons. The van der Waals surface area contributed by atoms with Crippen molar-refractivity contribution >= 4 is 5.95 Å². The smallest absolute Gasteiger partial charge is 0.243 e. The highest BCUT2D eigenvalue weighted by atomic mass is 15.4. The summed E-state index contributed by atoms with van der Waals surface area (Å²) in [6, 6.07) is 0. The number of hydrogen-bond donors (Lipinski definition) is 1. The van der Waals surface area contributed by atoms with Crippen LogP contribution >= 0.6 is 0 Å². The van der Waals surface area contributed by atoms with E-state index in [9.17, 15) is 0 Å². The van der Waals surface area contributed by atoms with Crippen LogP contribution in [0, 0.1) is 13.8 Å². The first-order chi connectivity index (χ1) is 7.75. The Hall–Kier alpha value is -2.05. The highest BCUT2D eigenvalue weighted by molar-refractivity contribution is 5.24. The summed E-state index contributed by atoms with van der Waals surface area (Å²) >= 11 is 0. The lowest BCUT2D eigenvalue weighted by atomic mass is 10.4. The molecule has 0 saturated heterocycles. The first-order valence-corrected chi connectivity index (χ1v) is 5.01. The number of hydrogen-bond acceptors (Lipinski definition) is 6. The molecule has 7 nitrogen and oxygen atoms in total. The molecule has 0 unspecified atom stereocenters. The van der Waals surface area contributed by atoms with Crippen LogP contribution in [0.2, 0.25) is 0 Å². The lowest BCUT2D eigenvalue weighted by Crippen LogP contribution is -2.14. The first-order valence-electron chi connectivity index (χ1n) is 5.01. The van der Waals surface area contributed by atoms with E-state index < -0.39 is 0 Å². The van der Waals surface area contributed by atoms with Crippen LogP contribution in [0.5, 0.6) is 0 Å². The van der Waals surface area contributed by atoms with Crippen LogP contribution in [0.1, 0.15) is 11.4 Å². The first kappa shape index (κ1) is 10.5. The summed E-state index contributed by atoms with van der Waals surface area (Å²) in [5.41, 5.74) is 1.74. The Kier molecular flexibility index (Phi) is 3.04. The fraction of sp³-hybridized carbons (Fsp3) is 0.444. The van der Waals surface area contributed by atoms with E-state index in [0.717, 1.165) is 17.9 Å². The number of nitrogens with one attached hydrogen (secondary N) is 1. The molecule has 2 aromatic rings. The molecule has 0 saturated carbocycles. The maximum atomic E-state index is 4.26. The monoisotopic (exact) mass is 219 g/mol. The fourth-order valence-electron chi connectivity index (χ4n) is 1.17. The second-order valence-corrected chi connectivity index (χ2v) is 3.40. The van der Waals surface area contributed by atoms with Crippen molar-refractivity contribution in [2.45, 2.75) is 20.4 Å². The molecule has 16 heavy (non-hydrogen) atoms. The van der Waals surface area contributed by atoms with Crippen molar-refractivity contribution in [1.82, 2.24) is 30.2 Å². The van der Waals surface area contributed by atoms with Gasteiger partial charge in [-0.05, 0) is 13.8 Å². The third kappa shape index (κ3) is 2.50. The largest absolute Gasteiger partial charge is 0.351 e. The van der Waals surface area contributed by atoms with E-state index in [1.165, 1.54) is 0 Å². The van der Waals surface area contributed by atoms with Crippen LogP contribution in [0.4, 0.5) is 5.95 Å². The minimum absolute atomic E-state index is 0.545. The predicted molar refractivity (Wildman–Crippen MR) is 57.8 cm³/mol. The van der Waals surface area contributed by atoms with Gasteiger partial charge in [0, 0.05) is 12.7 Å². The third-order valence-corrected chi connectivity index (χ3v) is 2.19. The summed E-state index contributed by atoms with van der Waals surface area (Å²) in [4.78, 5) is 4.26. The number of aromatic nitrogens is 6. The average Bonchev–Trinajstić information content (AvgIpc) is 2.76. The van der Waals surface area contributed by atoms with Gasteiger partial charge in [-0.15, -0.1) is 10.2 Å². The molecule has 0 fully saturated rings. The number of nitrogens with zero attached hydrogens (tertiary/aromatic N) is 6. The van der Waals surface area contributed by atoms with Crippen molar-refractivity contribution in [2.24, 2.45) is 0 Å². The number of aryl methyl sites for hydroxylation is 2. The van der Waals surface area contributed by atoms with Gasteiger partial charge < -0.3 is 5.32 Å². The van der Waals surface area contributed by atoms with Crippen molar-refractivity contribution < 1.29 is 0 Å². The van der Waals surface area contributed by atoms with E-state index in [0.29, 0.717) is 12.5 Å². The summed E-state index contributed by atoms with van der Waals surface area (Å²) in [6.45, 7) is 5.20. The Morgan fingerprint density at radius 3 is 2.81 bits per heavy atom. The second-order valence-electron chi connectivity index (χ2n) is 3.40. The van der Waals surface area contributed by atoms with E-state index in [1.54, 1.807) is 17.1 Å². The van der Waals surface area contributed by atoms with Crippen LogP contribution in [-0.2, 0) is 6.54 Å². The van der Waals surface area contributed by atoms with Crippen LogP contribution in [-0.4, -0.2) is 36.7 Å². The van der Waals surface area contributed by atoms with Gasteiger partial charge in [0.2, 0.25) is 5.95 Å². The lowest BCUT2D eigenvalue weighted by molar-refractivity contribution is 0.606. The number of anilines is 1. The number of rotatable bonds is 4. The fourth-order valence-corrected chi connectivity index (χ4v) is 1.17. The standard InChI is InChI=1S/C9H13N7/c1-7-8(2)13-14-9(12-7)10-3-5-16-6-4-11-15-16/h4,6H,3,5H2,1-2H3,(H,10,12,14). The molecule has 0 spiro atoms. The summed E-state index contributed by atoms with van der Waals surface area (Å²) in [5.74, 6) is 0.545. The Balaban J connectivity index is 1.87. The van der Waals surface area contributed by atoms with Crippen LogP contribution < -0.4 is 5.32 Å². The van der Waals surface area contributed by atoms with Crippen LogP contribution in [0.3, 0.4) is 0 Å². The van der Waals surface area contributed by atoms with E-state index in [-0.39, 0.29) is 0 Å². The summed E-state index contributed by atoms with van der Waals surface area (Å²) in [5, 5.41) is 18.6. The molecule has 1 N–H and O–H groups in total. The van der Waals surface area contributed by atoms with Crippen molar-refractivity contribution in [2.75, 3.05) is 11.9 Å². The SMILES string of the molecule is Cc1nnc(NCCn2ccnn2)nc1C. The van der Waals surface area contributed by atoms with Crippen LogP contribution in [0.15, 0.2) is 12.4 Å². The molecule has 84 valence electrons. The van der Waals surface area contributed by atoms with Gasteiger partial charge in [0.25, 0.3) is 0 Å². The zero-order valence-corrected chi connectivity index (χ0v) is 9.25. The van der Waals surface area contributed by atoms with Gasteiger partial charge in [-0.25, -0.2) is 4.98 Å². The molecule has 0 aromatic carbocycles. The molecule has 0 aliphatic carbocycles. The predicted octanol–water partition coefficient (Wildman–Crippen LogP) is 0.192. The molecular formula is C9H13N7. The molecule has 2 aromatic heterocycles.